The molecule has 0 aliphatic heterocycles. The molecule has 0 bridgehead atoms. The van der Waals surface area contributed by atoms with Gasteiger partial charge in [-0.1, -0.05) is 12.1 Å². The number of hydrogen-bond donors (Lipinski definition) is 1. The Morgan fingerprint density at radius 2 is 2.06 bits per heavy atom. The zero-order valence-corrected chi connectivity index (χ0v) is 11.3. The van der Waals surface area contributed by atoms with E-state index in [9.17, 15) is 5.11 Å². The second-order valence-electron chi connectivity index (χ2n) is 4.94. The van der Waals surface area contributed by atoms with Gasteiger partial charge in [0.25, 0.3) is 0 Å². The number of para-hydroxylation sites is 2. The lowest BCUT2D eigenvalue weighted by Crippen LogP contribution is -2.16. The molecule has 98 valence electrons. The third-order valence-corrected chi connectivity index (χ3v) is 3.04. The summed E-state index contributed by atoms with van der Waals surface area (Å²) in [5, 5.41) is 9.82. The molecule has 18 heavy (non-hydrogen) atoms. The molecule has 0 saturated carbocycles. The van der Waals surface area contributed by atoms with E-state index in [4.69, 9.17) is 0 Å². The van der Waals surface area contributed by atoms with Crippen molar-refractivity contribution < 1.29 is 5.11 Å². The van der Waals surface area contributed by atoms with Crippen LogP contribution in [0.4, 0.5) is 0 Å². The molecule has 1 aromatic heterocycles. The van der Waals surface area contributed by atoms with Crippen LogP contribution in [-0.2, 0) is 6.54 Å². The van der Waals surface area contributed by atoms with E-state index in [0.29, 0.717) is 0 Å². The van der Waals surface area contributed by atoms with E-state index in [0.717, 1.165) is 36.4 Å². The van der Waals surface area contributed by atoms with E-state index in [-0.39, 0.29) is 0 Å². The van der Waals surface area contributed by atoms with E-state index in [1.807, 2.05) is 18.2 Å². The lowest BCUT2D eigenvalue weighted by molar-refractivity contribution is 0.184. The summed E-state index contributed by atoms with van der Waals surface area (Å²) in [5.74, 6) is 0.759. The van der Waals surface area contributed by atoms with E-state index in [1.54, 1.807) is 6.92 Å². The van der Waals surface area contributed by atoms with Crippen LogP contribution in [0.25, 0.3) is 11.0 Å². The third kappa shape index (κ3) is 2.71. The predicted molar refractivity (Wildman–Crippen MR) is 73.5 cm³/mol. The SMILES string of the molecule is CC(O)c1nc2ccccc2n1CCCN(C)C. The molecule has 1 heterocycles. The summed E-state index contributed by atoms with van der Waals surface area (Å²) in [6.45, 7) is 3.69. The van der Waals surface area contributed by atoms with Gasteiger partial charge in [-0.05, 0) is 46.1 Å². The van der Waals surface area contributed by atoms with Gasteiger partial charge >= 0.3 is 0 Å². The molecule has 1 N–H and O–H groups in total. The first-order valence-electron chi connectivity index (χ1n) is 6.37. The van der Waals surface area contributed by atoms with Crippen LogP contribution < -0.4 is 0 Å². The van der Waals surface area contributed by atoms with E-state index in [1.165, 1.54) is 0 Å². The second kappa shape index (κ2) is 5.50. The van der Waals surface area contributed by atoms with Crippen LogP contribution in [0.15, 0.2) is 24.3 Å². The normalized spacial score (nSPS) is 13.4. The van der Waals surface area contributed by atoms with Gasteiger partial charge in [-0.25, -0.2) is 4.98 Å². The molecule has 0 radical (unpaired) electrons. The van der Waals surface area contributed by atoms with Crippen LogP contribution in [0.2, 0.25) is 0 Å². The molecule has 0 saturated heterocycles. The van der Waals surface area contributed by atoms with Gasteiger partial charge in [-0.2, -0.15) is 0 Å². The van der Waals surface area contributed by atoms with Gasteiger partial charge in [0.1, 0.15) is 11.9 Å². The number of aromatic nitrogens is 2. The van der Waals surface area contributed by atoms with Gasteiger partial charge in [0.05, 0.1) is 11.0 Å². The zero-order chi connectivity index (χ0) is 13.1. The fraction of sp³-hybridized carbons (Fsp3) is 0.500. The van der Waals surface area contributed by atoms with Gasteiger partial charge in [0.15, 0.2) is 0 Å². The number of imidazole rings is 1. The number of benzene rings is 1. The third-order valence-electron chi connectivity index (χ3n) is 3.04. The molecule has 4 heteroatoms. The fourth-order valence-corrected chi connectivity index (χ4v) is 2.19. The summed E-state index contributed by atoms with van der Waals surface area (Å²) in [6, 6.07) is 8.04. The van der Waals surface area contributed by atoms with Gasteiger partial charge < -0.3 is 14.6 Å². The molecular weight excluding hydrogens is 226 g/mol. The van der Waals surface area contributed by atoms with E-state index >= 15 is 0 Å². The lowest BCUT2D eigenvalue weighted by Gasteiger charge is -2.13. The highest BCUT2D eigenvalue weighted by molar-refractivity contribution is 5.75. The van der Waals surface area contributed by atoms with Crippen molar-refractivity contribution in [3.63, 3.8) is 0 Å². The van der Waals surface area contributed by atoms with Gasteiger partial charge in [0.2, 0.25) is 0 Å². The lowest BCUT2D eigenvalue weighted by atomic mass is 10.3. The largest absolute Gasteiger partial charge is 0.385 e. The number of hydrogen-bond acceptors (Lipinski definition) is 3. The quantitative estimate of drug-likeness (QED) is 0.879. The van der Waals surface area contributed by atoms with Crippen LogP contribution in [0, 0.1) is 0 Å². The van der Waals surface area contributed by atoms with Crippen molar-refractivity contribution >= 4 is 11.0 Å². The Labute approximate surface area is 108 Å². The van der Waals surface area contributed by atoms with Crippen molar-refractivity contribution in [1.82, 2.24) is 14.5 Å². The molecule has 0 aliphatic carbocycles. The Bertz CT molecular complexity index is 517. The average molecular weight is 247 g/mol. The predicted octanol–water partition coefficient (Wildman–Crippen LogP) is 2.04. The first-order valence-corrected chi connectivity index (χ1v) is 6.37. The molecule has 1 unspecified atom stereocenters. The smallest absolute Gasteiger partial charge is 0.138 e. The maximum absolute atomic E-state index is 9.82. The van der Waals surface area contributed by atoms with Crippen LogP contribution in [0.1, 0.15) is 25.3 Å². The minimum Gasteiger partial charge on any atom is -0.385 e. The Balaban J connectivity index is 2.30. The number of aliphatic hydroxyl groups excluding tert-OH is 1. The monoisotopic (exact) mass is 247 g/mol. The summed E-state index contributed by atoms with van der Waals surface area (Å²) < 4.78 is 2.13. The average Bonchev–Trinajstić information content (AvgIpc) is 2.68. The van der Waals surface area contributed by atoms with E-state index in [2.05, 4.69) is 34.6 Å². The van der Waals surface area contributed by atoms with Crippen molar-refractivity contribution in [3.8, 4) is 0 Å². The summed E-state index contributed by atoms with van der Waals surface area (Å²) in [4.78, 5) is 6.68. The fourth-order valence-electron chi connectivity index (χ4n) is 2.19. The molecule has 0 aliphatic rings. The second-order valence-corrected chi connectivity index (χ2v) is 4.94. The molecular formula is C14H21N3O. The first-order chi connectivity index (χ1) is 8.59. The Morgan fingerprint density at radius 1 is 1.33 bits per heavy atom. The molecule has 2 aromatic rings. The van der Waals surface area contributed by atoms with Crippen molar-refractivity contribution in [2.45, 2.75) is 26.0 Å². The highest BCUT2D eigenvalue weighted by atomic mass is 16.3. The minimum absolute atomic E-state index is 0.531. The summed E-state index contributed by atoms with van der Waals surface area (Å²) in [7, 11) is 4.14. The maximum atomic E-state index is 9.82. The van der Waals surface area contributed by atoms with Crippen molar-refractivity contribution in [2.75, 3.05) is 20.6 Å². The molecule has 0 amide bonds. The molecule has 1 atom stereocenters. The number of nitrogens with zero attached hydrogens (tertiary/aromatic N) is 3. The Morgan fingerprint density at radius 3 is 2.72 bits per heavy atom. The highest BCUT2D eigenvalue weighted by Crippen LogP contribution is 2.20. The standard InChI is InChI=1S/C14H21N3O/c1-11(18)14-15-12-7-4-5-8-13(12)17(14)10-6-9-16(2)3/h4-5,7-8,11,18H,6,9-10H2,1-3H3. The van der Waals surface area contributed by atoms with Gasteiger partial charge in [-0.15, -0.1) is 0 Å². The number of aryl methyl sites for hydroxylation is 1. The molecule has 4 nitrogen and oxygen atoms in total. The van der Waals surface area contributed by atoms with Crippen LogP contribution in [0.5, 0.6) is 0 Å². The number of rotatable bonds is 5. The van der Waals surface area contributed by atoms with E-state index < -0.39 is 6.10 Å². The molecule has 1 aromatic carbocycles. The topological polar surface area (TPSA) is 41.3 Å². The maximum Gasteiger partial charge on any atom is 0.138 e. The Kier molecular flexibility index (Phi) is 3.99. The van der Waals surface area contributed by atoms with Crippen molar-refractivity contribution in [2.24, 2.45) is 0 Å². The molecule has 2 rings (SSSR count). The number of fused-ring (bicyclic) bond motifs is 1. The minimum atomic E-state index is -0.531. The summed E-state index contributed by atoms with van der Waals surface area (Å²) in [5.41, 5.74) is 2.06. The van der Waals surface area contributed by atoms with Crippen molar-refractivity contribution in [3.05, 3.63) is 30.1 Å². The highest BCUT2D eigenvalue weighted by Gasteiger charge is 2.13. The summed E-state index contributed by atoms with van der Waals surface area (Å²) in [6.07, 6.45) is 0.518. The van der Waals surface area contributed by atoms with Crippen molar-refractivity contribution in [1.29, 1.82) is 0 Å². The molecule has 0 spiro atoms. The van der Waals surface area contributed by atoms with Crippen LogP contribution in [-0.4, -0.2) is 40.2 Å². The van der Waals surface area contributed by atoms with Gasteiger partial charge in [-0.3, -0.25) is 0 Å². The first kappa shape index (κ1) is 13.1. The van der Waals surface area contributed by atoms with Crippen LogP contribution >= 0.6 is 0 Å². The summed E-state index contributed by atoms with van der Waals surface area (Å²) >= 11 is 0. The van der Waals surface area contributed by atoms with Gasteiger partial charge in [0, 0.05) is 6.54 Å². The van der Waals surface area contributed by atoms with Crippen LogP contribution in [0.3, 0.4) is 0 Å². The zero-order valence-electron chi connectivity index (χ0n) is 11.3. The molecule has 0 fully saturated rings. The Hall–Kier alpha value is -1.39. The number of aliphatic hydroxyl groups is 1.